The van der Waals surface area contributed by atoms with E-state index in [2.05, 4.69) is 26.2 Å². The molecule has 1 saturated heterocycles. The molecule has 5 rings (SSSR count). The summed E-state index contributed by atoms with van der Waals surface area (Å²) in [4.78, 5) is 30.0. The van der Waals surface area contributed by atoms with Crippen LogP contribution in [-0.2, 0) is 6.42 Å². The van der Waals surface area contributed by atoms with Crippen LogP contribution < -0.4 is 15.8 Å². The van der Waals surface area contributed by atoms with E-state index in [4.69, 9.17) is 5.26 Å². The molecule has 2 N–H and O–H groups in total. The summed E-state index contributed by atoms with van der Waals surface area (Å²) in [6, 6.07) is 17.7. The molecule has 0 radical (unpaired) electrons. The van der Waals surface area contributed by atoms with Crippen LogP contribution in [0.4, 0.5) is 10.2 Å². The third-order valence-electron chi connectivity index (χ3n) is 6.47. The molecular formula is C25H23FN5O2P. The molecule has 4 aromatic rings. The van der Waals surface area contributed by atoms with E-state index in [0.29, 0.717) is 53.8 Å². The predicted molar refractivity (Wildman–Crippen MR) is 133 cm³/mol. The molecular weight excluding hydrogens is 452 g/mol. The molecule has 2 aromatic carbocycles. The number of pyridine rings is 1. The maximum absolute atomic E-state index is 14.9. The minimum absolute atomic E-state index is 0.246. The topological polar surface area (TPSA) is 106 Å². The van der Waals surface area contributed by atoms with Crippen molar-refractivity contribution in [3.8, 4) is 6.07 Å². The zero-order valence-corrected chi connectivity index (χ0v) is 19.3. The molecule has 0 bridgehead atoms. The van der Waals surface area contributed by atoms with Gasteiger partial charge in [-0.3, -0.25) is 0 Å². The Labute approximate surface area is 195 Å². The van der Waals surface area contributed by atoms with E-state index in [1.165, 1.54) is 12.3 Å². The summed E-state index contributed by atoms with van der Waals surface area (Å²) in [5.74, 6) is 0.363. The molecule has 0 atom stereocenters. The number of hydrogen-bond acceptors (Lipinski definition) is 6. The first-order chi connectivity index (χ1) is 16.5. The van der Waals surface area contributed by atoms with Crippen LogP contribution in [0, 0.1) is 17.1 Å². The molecule has 1 aliphatic heterocycles. The van der Waals surface area contributed by atoms with Gasteiger partial charge in [-0.2, -0.15) is 0 Å². The summed E-state index contributed by atoms with van der Waals surface area (Å²) < 4.78 is 14.9. The Kier molecular flexibility index (Phi) is 5.82. The van der Waals surface area contributed by atoms with Gasteiger partial charge in [0.05, 0.1) is 0 Å². The van der Waals surface area contributed by atoms with Crippen molar-refractivity contribution in [2.24, 2.45) is 0 Å². The van der Waals surface area contributed by atoms with Crippen molar-refractivity contribution in [2.75, 3.05) is 30.3 Å². The monoisotopic (exact) mass is 475 g/mol. The van der Waals surface area contributed by atoms with Crippen LogP contribution in [0.15, 0.2) is 65.6 Å². The van der Waals surface area contributed by atoms with Crippen LogP contribution in [0.1, 0.15) is 16.8 Å². The molecule has 34 heavy (non-hydrogen) atoms. The average molecular weight is 475 g/mol. The number of anilines is 1. The van der Waals surface area contributed by atoms with Crippen LogP contribution in [0.5, 0.6) is 0 Å². The quantitative estimate of drug-likeness (QED) is 0.440. The van der Waals surface area contributed by atoms with Crippen molar-refractivity contribution in [1.82, 2.24) is 15.2 Å². The number of H-pyrrole nitrogens is 1. The van der Waals surface area contributed by atoms with Gasteiger partial charge in [-0.05, 0) is 0 Å². The summed E-state index contributed by atoms with van der Waals surface area (Å²) in [5, 5.41) is 17.4. The van der Waals surface area contributed by atoms with E-state index in [9.17, 15) is 14.1 Å². The summed E-state index contributed by atoms with van der Waals surface area (Å²) in [6.45, 7) is 1.13. The molecule has 1 fully saturated rings. The van der Waals surface area contributed by atoms with Crippen LogP contribution in [0.3, 0.4) is 0 Å². The van der Waals surface area contributed by atoms with E-state index in [0.717, 1.165) is 16.8 Å². The van der Waals surface area contributed by atoms with E-state index in [1.54, 1.807) is 36.4 Å². The summed E-state index contributed by atoms with van der Waals surface area (Å²) in [5.41, 5.74) is 1.78. The van der Waals surface area contributed by atoms with Crippen molar-refractivity contribution in [1.29, 1.82) is 5.26 Å². The molecule has 2 aromatic heterocycles. The number of hydrogen-bond donors (Lipinski definition) is 2. The zero-order valence-electron chi connectivity index (χ0n) is 18.3. The summed E-state index contributed by atoms with van der Waals surface area (Å²) >= 11 is 0. The number of halogens is 1. The van der Waals surface area contributed by atoms with Gasteiger partial charge in [0.25, 0.3) is 0 Å². The standard InChI is InChI=1S/C25H23FN5O2P/c26-21-7-5-17(13-22-19-3-1-2-4-20(19)25(32)30-29-22)14-23(21)34(33)11-9-31(10-12-34)24-8-6-18(15-27)16-28-24/h1-8,14,16,33-34H,9-13H2,(H,30,32). The first-order valence-electron chi connectivity index (χ1n) is 11.1. The minimum atomic E-state index is -3.04. The SMILES string of the molecule is N#Cc1ccc(N2CC[PH](O)(c3cc(Cc4n[nH]c(=O)c5ccccc45)ccc3F)CC2)nc1. The van der Waals surface area contributed by atoms with E-state index >= 15 is 0 Å². The van der Waals surface area contributed by atoms with Gasteiger partial charge in [0.2, 0.25) is 0 Å². The molecule has 0 spiro atoms. The number of nitrogens with zero attached hydrogens (tertiary/aromatic N) is 4. The molecule has 0 saturated carbocycles. The van der Waals surface area contributed by atoms with Gasteiger partial charge in [-0.1, -0.05) is 0 Å². The van der Waals surface area contributed by atoms with Gasteiger partial charge in [-0.15, -0.1) is 0 Å². The Balaban J connectivity index is 1.38. The molecule has 0 unspecified atom stereocenters. The molecule has 3 heterocycles. The van der Waals surface area contributed by atoms with Crippen LogP contribution in [0.25, 0.3) is 10.8 Å². The van der Waals surface area contributed by atoms with E-state index in [-0.39, 0.29) is 11.4 Å². The average Bonchev–Trinajstić information content (AvgIpc) is 2.87. The number of fused-ring (bicyclic) bond motifs is 1. The normalized spacial score (nSPS) is 16.2. The Morgan fingerprint density at radius 3 is 2.59 bits per heavy atom. The van der Waals surface area contributed by atoms with Crippen molar-refractivity contribution < 1.29 is 9.28 Å². The van der Waals surface area contributed by atoms with Crippen molar-refractivity contribution in [3.05, 3.63) is 93.8 Å². The molecule has 0 aliphatic carbocycles. The van der Waals surface area contributed by atoms with E-state index < -0.39 is 7.49 Å². The molecule has 1 aliphatic rings. The van der Waals surface area contributed by atoms with Crippen LogP contribution >= 0.6 is 7.49 Å². The van der Waals surface area contributed by atoms with Crippen LogP contribution in [-0.4, -0.2) is 45.5 Å². The number of rotatable bonds is 4. The first-order valence-corrected chi connectivity index (χ1v) is 13.4. The van der Waals surface area contributed by atoms with Crippen molar-refractivity contribution in [3.63, 3.8) is 0 Å². The number of nitriles is 1. The summed E-state index contributed by atoms with van der Waals surface area (Å²) in [6.07, 6.45) is 2.91. The predicted octanol–water partition coefficient (Wildman–Crippen LogP) is 2.72. The Bertz CT molecular complexity index is 1460. The van der Waals surface area contributed by atoms with Gasteiger partial charge in [0.15, 0.2) is 0 Å². The maximum atomic E-state index is 14.9. The Hall–Kier alpha value is -3.66. The van der Waals surface area contributed by atoms with Gasteiger partial charge < -0.3 is 0 Å². The number of nitrogens with one attached hydrogen (secondary N) is 1. The zero-order chi connectivity index (χ0) is 23.7. The second-order valence-electron chi connectivity index (χ2n) is 8.57. The van der Waals surface area contributed by atoms with Gasteiger partial charge in [-0.25, -0.2) is 0 Å². The molecule has 7 nitrogen and oxygen atoms in total. The molecule has 0 amide bonds. The van der Waals surface area contributed by atoms with Gasteiger partial charge in [0, 0.05) is 0 Å². The number of benzene rings is 2. The van der Waals surface area contributed by atoms with E-state index in [1.807, 2.05) is 12.1 Å². The summed E-state index contributed by atoms with van der Waals surface area (Å²) in [7, 11) is -3.04. The molecule has 172 valence electrons. The fourth-order valence-electron chi connectivity index (χ4n) is 4.55. The fraction of sp³-hybridized carbons (Fsp3) is 0.200. The van der Waals surface area contributed by atoms with Crippen molar-refractivity contribution in [2.45, 2.75) is 6.42 Å². The second-order valence-corrected chi connectivity index (χ2v) is 12.2. The number of aromatic nitrogens is 3. The van der Waals surface area contributed by atoms with Gasteiger partial charge in [0.1, 0.15) is 0 Å². The third-order valence-corrected chi connectivity index (χ3v) is 9.96. The third kappa shape index (κ3) is 4.16. The Morgan fingerprint density at radius 1 is 1.12 bits per heavy atom. The number of aromatic amines is 1. The Morgan fingerprint density at radius 2 is 1.88 bits per heavy atom. The van der Waals surface area contributed by atoms with Crippen LogP contribution in [0.2, 0.25) is 0 Å². The van der Waals surface area contributed by atoms with Crippen molar-refractivity contribution >= 4 is 29.4 Å². The van der Waals surface area contributed by atoms with Gasteiger partial charge >= 0.3 is 196 Å². The fourth-order valence-corrected chi connectivity index (χ4v) is 7.60. The molecule has 9 heteroatoms. The second kappa shape index (κ2) is 8.94. The first kappa shape index (κ1) is 22.1.